The summed E-state index contributed by atoms with van der Waals surface area (Å²) in [6.45, 7) is 7.24. The maximum atomic E-state index is 13.1. The first-order valence-corrected chi connectivity index (χ1v) is 44.9. The van der Waals surface area contributed by atoms with Crippen molar-refractivity contribution in [3.05, 3.63) is 24.3 Å². The molecule has 0 saturated heterocycles. The SMILES string of the molecule is CCCCCC/C=C\C=C/CCCCCCCC(=O)OC[C@H](COP(=O)(O)OC[C@@H](O)COP(=O)(O)OC[C@@H](COC(=O)CCCCCCCCCCCCCC)OC(=O)CCCCCCCCCCCC(C)C)OC(=O)CCCCCCCCCCCCCCCCCCCCCCCC. The van der Waals surface area contributed by atoms with Crippen molar-refractivity contribution in [2.24, 2.45) is 5.92 Å². The van der Waals surface area contributed by atoms with Crippen LogP contribution in [0.25, 0.3) is 0 Å². The van der Waals surface area contributed by atoms with E-state index in [4.69, 9.17) is 37.0 Å². The van der Waals surface area contributed by atoms with Gasteiger partial charge < -0.3 is 33.8 Å². The molecule has 0 radical (unpaired) electrons. The fourth-order valence-corrected chi connectivity index (χ4v) is 13.8. The highest BCUT2D eigenvalue weighted by molar-refractivity contribution is 7.47. The van der Waals surface area contributed by atoms with E-state index in [1.807, 2.05) is 0 Å². The monoisotopic (exact) mass is 1480 g/mol. The molecule has 0 aliphatic rings. The van der Waals surface area contributed by atoms with E-state index in [0.29, 0.717) is 25.7 Å². The van der Waals surface area contributed by atoms with E-state index in [-0.39, 0.29) is 25.7 Å². The number of rotatable bonds is 80. The van der Waals surface area contributed by atoms with Gasteiger partial charge in [0.2, 0.25) is 0 Å². The van der Waals surface area contributed by atoms with Crippen molar-refractivity contribution >= 4 is 39.5 Å². The zero-order chi connectivity index (χ0) is 74.1. The van der Waals surface area contributed by atoms with Gasteiger partial charge in [0.05, 0.1) is 26.4 Å². The van der Waals surface area contributed by atoms with Crippen LogP contribution in [0.3, 0.4) is 0 Å². The third-order valence-corrected chi connectivity index (χ3v) is 20.6. The Morgan fingerprint density at radius 2 is 0.535 bits per heavy atom. The van der Waals surface area contributed by atoms with E-state index in [9.17, 15) is 43.2 Å². The largest absolute Gasteiger partial charge is 0.472 e. The summed E-state index contributed by atoms with van der Waals surface area (Å²) in [6.07, 6.45) is 68.9. The van der Waals surface area contributed by atoms with Crippen LogP contribution >= 0.6 is 15.6 Å². The molecule has 596 valence electrons. The number of phosphoric ester groups is 2. The summed E-state index contributed by atoms with van der Waals surface area (Å²) < 4.78 is 68.7. The minimum atomic E-state index is -4.97. The van der Waals surface area contributed by atoms with Crippen molar-refractivity contribution < 1.29 is 80.2 Å². The highest BCUT2D eigenvalue weighted by atomic mass is 31.2. The third-order valence-electron chi connectivity index (χ3n) is 18.7. The van der Waals surface area contributed by atoms with E-state index in [1.165, 1.54) is 218 Å². The lowest BCUT2D eigenvalue weighted by atomic mass is 10.0. The number of hydrogen-bond acceptors (Lipinski definition) is 15. The van der Waals surface area contributed by atoms with Gasteiger partial charge in [0.25, 0.3) is 0 Å². The van der Waals surface area contributed by atoms with Crippen molar-refractivity contribution in [3.63, 3.8) is 0 Å². The second-order valence-electron chi connectivity index (χ2n) is 29.3. The van der Waals surface area contributed by atoms with Crippen LogP contribution in [-0.4, -0.2) is 96.7 Å². The molecule has 0 bridgehead atoms. The van der Waals surface area contributed by atoms with Crippen LogP contribution in [0.5, 0.6) is 0 Å². The van der Waals surface area contributed by atoms with Crippen molar-refractivity contribution in [2.45, 2.75) is 432 Å². The van der Waals surface area contributed by atoms with Crippen LogP contribution in [0, 0.1) is 5.92 Å². The normalized spacial score (nSPS) is 14.0. The molecule has 0 spiro atoms. The maximum Gasteiger partial charge on any atom is 0.472 e. The summed E-state index contributed by atoms with van der Waals surface area (Å²) in [6, 6.07) is 0. The third kappa shape index (κ3) is 75.6. The highest BCUT2D eigenvalue weighted by Crippen LogP contribution is 2.45. The molecule has 2 unspecified atom stereocenters. The molecule has 0 aromatic carbocycles. The Labute approximate surface area is 618 Å². The Morgan fingerprint density at radius 1 is 0.307 bits per heavy atom. The second-order valence-corrected chi connectivity index (χ2v) is 32.2. The molecule has 5 atom stereocenters. The summed E-state index contributed by atoms with van der Waals surface area (Å²) >= 11 is 0. The van der Waals surface area contributed by atoms with Gasteiger partial charge in [-0.3, -0.25) is 37.3 Å². The second kappa shape index (κ2) is 74.4. The van der Waals surface area contributed by atoms with Gasteiger partial charge in [-0.1, -0.05) is 361 Å². The summed E-state index contributed by atoms with van der Waals surface area (Å²) in [5.74, 6) is -1.40. The smallest absolute Gasteiger partial charge is 0.462 e. The standard InChI is InChI=1S/C82H156O17P2/c1-6-9-12-15-18-21-24-27-29-30-31-32-33-34-35-37-39-42-47-52-57-62-67-81(86)98-77(71-93-80(85)66-61-56-51-46-41-38-36-28-25-22-19-16-13-10-7-2)73-96-100(88,89)94-69-76(83)70-95-101(90,91)97-74-78(99-82(87)68-63-58-53-48-43-44-49-54-59-64-75(4)5)72-92-79(84)65-60-55-50-45-40-26-23-20-17-14-11-8-3/h22,25,28,36,75-78,83H,6-21,23-24,26-27,29-35,37-74H2,1-5H3,(H,88,89)(H,90,91)/b25-22-,36-28-/t76-,77-,78-/m1/s1. The number of esters is 4. The predicted octanol–water partition coefficient (Wildman–Crippen LogP) is 24.4. The minimum absolute atomic E-state index is 0.102. The minimum Gasteiger partial charge on any atom is -0.462 e. The quantitative estimate of drug-likeness (QED) is 0.0169. The molecule has 0 saturated carbocycles. The van der Waals surface area contributed by atoms with Crippen LogP contribution < -0.4 is 0 Å². The summed E-state index contributed by atoms with van der Waals surface area (Å²) in [4.78, 5) is 73.0. The molecule has 0 aromatic heterocycles. The van der Waals surface area contributed by atoms with E-state index in [0.717, 1.165) is 115 Å². The average molecular weight is 1480 g/mol. The number of carbonyl (C=O) groups excluding carboxylic acids is 4. The Kier molecular flexibility index (Phi) is 72.6. The Morgan fingerprint density at radius 3 is 0.812 bits per heavy atom. The zero-order valence-corrected chi connectivity index (χ0v) is 67.3. The first kappa shape index (κ1) is 98.5. The molecule has 0 aliphatic carbocycles. The highest BCUT2D eigenvalue weighted by Gasteiger charge is 2.30. The number of aliphatic hydroxyl groups excluding tert-OH is 1. The fraction of sp³-hybridized carbons (Fsp3) is 0.902. The Balaban J connectivity index is 5.24. The number of unbranched alkanes of at least 4 members (excludes halogenated alkanes) is 49. The topological polar surface area (TPSA) is 237 Å². The number of allylic oxidation sites excluding steroid dienone is 4. The van der Waals surface area contributed by atoms with Crippen LogP contribution in [0.2, 0.25) is 0 Å². The van der Waals surface area contributed by atoms with Gasteiger partial charge in [-0.05, 0) is 57.3 Å². The number of phosphoric acid groups is 2. The number of hydrogen-bond donors (Lipinski definition) is 3. The van der Waals surface area contributed by atoms with Crippen LogP contribution in [0.1, 0.15) is 413 Å². The summed E-state index contributed by atoms with van der Waals surface area (Å²) in [5, 5.41) is 10.6. The van der Waals surface area contributed by atoms with Crippen molar-refractivity contribution in [1.29, 1.82) is 0 Å². The van der Waals surface area contributed by atoms with Crippen molar-refractivity contribution in [3.8, 4) is 0 Å². The lowest BCUT2D eigenvalue weighted by Crippen LogP contribution is -2.30. The van der Waals surface area contributed by atoms with Crippen molar-refractivity contribution in [2.75, 3.05) is 39.6 Å². The molecule has 0 rings (SSSR count). The molecule has 0 fully saturated rings. The van der Waals surface area contributed by atoms with Gasteiger partial charge in [-0.15, -0.1) is 0 Å². The lowest BCUT2D eigenvalue weighted by Gasteiger charge is -2.21. The molecular weight excluding hydrogens is 1320 g/mol. The molecule has 17 nitrogen and oxygen atoms in total. The molecule has 0 aliphatic heterocycles. The van der Waals surface area contributed by atoms with Crippen LogP contribution in [-0.2, 0) is 65.4 Å². The van der Waals surface area contributed by atoms with Gasteiger partial charge in [-0.25, -0.2) is 9.13 Å². The van der Waals surface area contributed by atoms with Gasteiger partial charge >= 0.3 is 39.5 Å². The number of carbonyl (C=O) groups is 4. The van der Waals surface area contributed by atoms with E-state index < -0.39 is 97.5 Å². The van der Waals surface area contributed by atoms with E-state index in [1.54, 1.807) is 0 Å². The molecule has 0 aromatic rings. The molecule has 0 heterocycles. The van der Waals surface area contributed by atoms with Crippen molar-refractivity contribution in [1.82, 2.24) is 0 Å². The number of ether oxygens (including phenoxy) is 4. The predicted molar refractivity (Wildman–Crippen MR) is 414 cm³/mol. The fourth-order valence-electron chi connectivity index (χ4n) is 12.2. The van der Waals surface area contributed by atoms with E-state index in [2.05, 4.69) is 58.9 Å². The lowest BCUT2D eigenvalue weighted by molar-refractivity contribution is -0.161. The van der Waals surface area contributed by atoms with Gasteiger partial charge in [0.1, 0.15) is 19.3 Å². The van der Waals surface area contributed by atoms with Gasteiger partial charge in [0.15, 0.2) is 12.2 Å². The maximum absolute atomic E-state index is 13.1. The molecular formula is C82H156O17P2. The molecule has 3 N–H and O–H groups in total. The zero-order valence-electron chi connectivity index (χ0n) is 65.5. The van der Waals surface area contributed by atoms with Gasteiger partial charge in [-0.2, -0.15) is 0 Å². The van der Waals surface area contributed by atoms with Crippen LogP contribution in [0.4, 0.5) is 0 Å². The summed E-state index contributed by atoms with van der Waals surface area (Å²) in [5.41, 5.74) is 0. The average Bonchev–Trinajstić information content (AvgIpc) is 0.946. The summed E-state index contributed by atoms with van der Waals surface area (Å²) in [7, 11) is -9.93. The Hall–Kier alpha value is -2.46. The molecule has 0 amide bonds. The van der Waals surface area contributed by atoms with Crippen LogP contribution in [0.15, 0.2) is 24.3 Å². The van der Waals surface area contributed by atoms with E-state index >= 15 is 0 Å². The van der Waals surface area contributed by atoms with Gasteiger partial charge in [0, 0.05) is 25.7 Å². The molecule has 19 heteroatoms. The first-order chi connectivity index (χ1) is 49.0. The first-order valence-electron chi connectivity index (χ1n) is 42.0. The molecule has 101 heavy (non-hydrogen) atoms. The Bertz CT molecular complexity index is 2020. The number of aliphatic hydroxyl groups is 1.